The molecule has 1 aromatic rings. The smallest absolute Gasteiger partial charge is 0.142 e. The maximum absolute atomic E-state index is 13.2. The Kier molecular flexibility index (Phi) is 5.23. The van der Waals surface area contributed by atoms with Crippen molar-refractivity contribution in [3.63, 3.8) is 0 Å². The van der Waals surface area contributed by atoms with E-state index >= 15 is 0 Å². The summed E-state index contributed by atoms with van der Waals surface area (Å²) in [7, 11) is 0. The van der Waals surface area contributed by atoms with Crippen LogP contribution in [0.15, 0.2) is 18.2 Å². The molecule has 90 valence electrons. The summed E-state index contributed by atoms with van der Waals surface area (Å²) in [5.41, 5.74) is 0.789. The molecule has 0 fully saturated rings. The summed E-state index contributed by atoms with van der Waals surface area (Å²) < 4.78 is 13.2. The standard InChI is InChI=1S/C13H18ClFO/c1-3-4-9(2)13(16)8-10-5-6-11(14)12(15)7-10/h5-7,9,13,16H,3-4,8H2,1-2H3. The Morgan fingerprint density at radius 3 is 2.69 bits per heavy atom. The molecule has 0 bridgehead atoms. The number of aliphatic hydroxyl groups excluding tert-OH is 1. The molecular weight excluding hydrogens is 227 g/mol. The van der Waals surface area contributed by atoms with Crippen molar-refractivity contribution in [1.82, 2.24) is 0 Å². The summed E-state index contributed by atoms with van der Waals surface area (Å²) in [5, 5.41) is 10.0. The number of rotatable bonds is 5. The highest BCUT2D eigenvalue weighted by Crippen LogP contribution is 2.19. The van der Waals surface area contributed by atoms with E-state index < -0.39 is 11.9 Å². The second-order valence-corrected chi connectivity index (χ2v) is 4.69. The molecule has 0 aromatic heterocycles. The van der Waals surface area contributed by atoms with E-state index in [1.807, 2.05) is 6.92 Å². The highest BCUT2D eigenvalue weighted by Gasteiger charge is 2.14. The van der Waals surface area contributed by atoms with E-state index in [1.165, 1.54) is 12.1 Å². The zero-order valence-electron chi connectivity index (χ0n) is 9.71. The molecule has 0 saturated heterocycles. The highest BCUT2D eigenvalue weighted by molar-refractivity contribution is 6.30. The van der Waals surface area contributed by atoms with Crippen molar-refractivity contribution in [2.75, 3.05) is 0 Å². The molecule has 2 unspecified atom stereocenters. The van der Waals surface area contributed by atoms with Crippen LogP contribution in [0.4, 0.5) is 4.39 Å². The third-order valence-electron chi connectivity index (χ3n) is 2.83. The van der Waals surface area contributed by atoms with Crippen LogP contribution < -0.4 is 0 Å². The minimum absolute atomic E-state index is 0.125. The average molecular weight is 245 g/mol. The first kappa shape index (κ1) is 13.5. The summed E-state index contributed by atoms with van der Waals surface area (Å²) in [6.45, 7) is 4.10. The van der Waals surface area contributed by atoms with E-state index in [0.717, 1.165) is 18.4 Å². The van der Waals surface area contributed by atoms with Gasteiger partial charge in [-0.1, -0.05) is 37.9 Å². The quantitative estimate of drug-likeness (QED) is 0.835. The molecule has 0 heterocycles. The number of benzene rings is 1. The van der Waals surface area contributed by atoms with Crippen LogP contribution in [0.3, 0.4) is 0 Å². The van der Waals surface area contributed by atoms with Crippen molar-refractivity contribution in [2.24, 2.45) is 5.92 Å². The van der Waals surface area contributed by atoms with Crippen molar-refractivity contribution in [2.45, 2.75) is 39.2 Å². The van der Waals surface area contributed by atoms with Crippen LogP contribution >= 0.6 is 11.6 Å². The number of aliphatic hydroxyl groups is 1. The van der Waals surface area contributed by atoms with Gasteiger partial charge in [-0.2, -0.15) is 0 Å². The molecule has 1 rings (SSSR count). The SMILES string of the molecule is CCCC(C)C(O)Cc1ccc(Cl)c(F)c1. The molecule has 16 heavy (non-hydrogen) atoms. The second kappa shape index (κ2) is 6.21. The molecule has 2 atom stereocenters. The van der Waals surface area contributed by atoms with Crippen molar-refractivity contribution < 1.29 is 9.50 Å². The first-order valence-corrected chi connectivity index (χ1v) is 6.04. The van der Waals surface area contributed by atoms with Gasteiger partial charge in [0.05, 0.1) is 11.1 Å². The lowest BCUT2D eigenvalue weighted by Gasteiger charge is -2.18. The van der Waals surface area contributed by atoms with Gasteiger partial charge in [0.1, 0.15) is 5.82 Å². The molecule has 0 spiro atoms. The fourth-order valence-electron chi connectivity index (χ4n) is 1.76. The predicted octanol–water partition coefficient (Wildman–Crippen LogP) is 3.82. The minimum Gasteiger partial charge on any atom is -0.393 e. The Morgan fingerprint density at radius 2 is 2.12 bits per heavy atom. The molecule has 0 aliphatic heterocycles. The van der Waals surface area contributed by atoms with Gasteiger partial charge in [0.25, 0.3) is 0 Å². The van der Waals surface area contributed by atoms with E-state index in [0.29, 0.717) is 6.42 Å². The number of hydrogen-bond donors (Lipinski definition) is 1. The maximum atomic E-state index is 13.2. The summed E-state index contributed by atoms with van der Waals surface area (Å²) in [4.78, 5) is 0. The molecular formula is C13H18ClFO. The van der Waals surface area contributed by atoms with Gasteiger partial charge in [-0.25, -0.2) is 4.39 Å². The Hall–Kier alpha value is -0.600. The van der Waals surface area contributed by atoms with E-state index in [4.69, 9.17) is 11.6 Å². The molecule has 1 aromatic carbocycles. The third kappa shape index (κ3) is 3.76. The van der Waals surface area contributed by atoms with Gasteiger partial charge < -0.3 is 5.11 Å². The Morgan fingerprint density at radius 1 is 1.44 bits per heavy atom. The van der Waals surface area contributed by atoms with Crippen LogP contribution in [-0.4, -0.2) is 11.2 Å². The lowest BCUT2D eigenvalue weighted by molar-refractivity contribution is 0.111. The van der Waals surface area contributed by atoms with Crippen LogP contribution in [0.1, 0.15) is 32.3 Å². The zero-order chi connectivity index (χ0) is 12.1. The number of halogens is 2. The van der Waals surface area contributed by atoms with Gasteiger partial charge in [0.2, 0.25) is 0 Å². The predicted molar refractivity (Wildman–Crippen MR) is 65.2 cm³/mol. The molecule has 3 heteroatoms. The topological polar surface area (TPSA) is 20.2 Å². The molecule has 1 nitrogen and oxygen atoms in total. The van der Waals surface area contributed by atoms with Crippen molar-refractivity contribution >= 4 is 11.6 Å². The van der Waals surface area contributed by atoms with Crippen LogP contribution in [0, 0.1) is 11.7 Å². The largest absolute Gasteiger partial charge is 0.393 e. The van der Waals surface area contributed by atoms with Crippen molar-refractivity contribution in [3.05, 3.63) is 34.6 Å². The van der Waals surface area contributed by atoms with E-state index in [2.05, 4.69) is 6.92 Å². The van der Waals surface area contributed by atoms with Crippen LogP contribution in [0.5, 0.6) is 0 Å². The van der Waals surface area contributed by atoms with Crippen LogP contribution in [0.2, 0.25) is 5.02 Å². The monoisotopic (exact) mass is 244 g/mol. The molecule has 0 aliphatic carbocycles. The normalized spacial score (nSPS) is 14.8. The number of hydrogen-bond acceptors (Lipinski definition) is 1. The van der Waals surface area contributed by atoms with E-state index in [-0.39, 0.29) is 10.9 Å². The van der Waals surface area contributed by atoms with E-state index in [1.54, 1.807) is 6.07 Å². The summed E-state index contributed by atoms with van der Waals surface area (Å²) in [5.74, 6) is -0.182. The fourth-order valence-corrected chi connectivity index (χ4v) is 1.87. The highest BCUT2D eigenvalue weighted by atomic mass is 35.5. The Labute approximate surface area is 101 Å². The first-order valence-electron chi connectivity index (χ1n) is 5.66. The maximum Gasteiger partial charge on any atom is 0.142 e. The van der Waals surface area contributed by atoms with Crippen LogP contribution in [-0.2, 0) is 6.42 Å². The minimum atomic E-state index is -0.422. The van der Waals surface area contributed by atoms with Gasteiger partial charge in [0.15, 0.2) is 0 Å². The van der Waals surface area contributed by atoms with Crippen molar-refractivity contribution in [3.8, 4) is 0 Å². The molecule has 0 aliphatic rings. The second-order valence-electron chi connectivity index (χ2n) is 4.29. The summed E-state index contributed by atoms with van der Waals surface area (Å²) >= 11 is 5.59. The van der Waals surface area contributed by atoms with E-state index in [9.17, 15) is 9.50 Å². The lowest BCUT2D eigenvalue weighted by Crippen LogP contribution is -2.20. The first-order chi connectivity index (χ1) is 7.54. The van der Waals surface area contributed by atoms with Gasteiger partial charge >= 0.3 is 0 Å². The molecule has 1 N–H and O–H groups in total. The molecule has 0 amide bonds. The van der Waals surface area contributed by atoms with Gasteiger partial charge in [0, 0.05) is 0 Å². The van der Waals surface area contributed by atoms with Crippen LogP contribution in [0.25, 0.3) is 0 Å². The lowest BCUT2D eigenvalue weighted by atomic mass is 9.94. The fraction of sp³-hybridized carbons (Fsp3) is 0.538. The van der Waals surface area contributed by atoms with Gasteiger partial charge in [-0.15, -0.1) is 0 Å². The molecule has 0 saturated carbocycles. The summed E-state index contributed by atoms with van der Waals surface area (Å²) in [6, 6.07) is 4.68. The average Bonchev–Trinajstić information content (AvgIpc) is 2.24. The molecule has 0 radical (unpaired) electrons. The third-order valence-corrected chi connectivity index (χ3v) is 3.14. The zero-order valence-corrected chi connectivity index (χ0v) is 10.5. The Balaban J connectivity index is 2.62. The van der Waals surface area contributed by atoms with Gasteiger partial charge in [-0.05, 0) is 36.5 Å². The van der Waals surface area contributed by atoms with Crippen molar-refractivity contribution in [1.29, 1.82) is 0 Å². The Bertz CT molecular complexity index is 341. The summed E-state index contributed by atoms with van der Waals surface area (Å²) in [6.07, 6.45) is 2.10. The van der Waals surface area contributed by atoms with Gasteiger partial charge in [-0.3, -0.25) is 0 Å².